The third-order valence-corrected chi connectivity index (χ3v) is 5.31. The number of nitrogens with zero attached hydrogens (tertiary/aromatic N) is 3. The number of likely N-dealkylation sites (tertiary alicyclic amines) is 1. The maximum absolute atomic E-state index is 13.5. The Labute approximate surface area is 184 Å². The molecule has 1 aliphatic heterocycles. The van der Waals surface area contributed by atoms with E-state index < -0.39 is 5.97 Å². The fourth-order valence-corrected chi connectivity index (χ4v) is 3.79. The van der Waals surface area contributed by atoms with Crippen LogP contribution in [0.25, 0.3) is 11.4 Å². The van der Waals surface area contributed by atoms with E-state index in [2.05, 4.69) is 15.5 Å². The van der Waals surface area contributed by atoms with E-state index in [-0.39, 0.29) is 24.2 Å². The SMILES string of the molecule is COC(=O)c1cccc(NC(=O)CN2CCCC(c3nc(-c4cccc(F)c4)no3)C2)c1. The Morgan fingerprint density at radius 2 is 2.09 bits per heavy atom. The van der Waals surface area contributed by atoms with Crippen LogP contribution in [0.1, 0.15) is 35.0 Å². The number of anilines is 1. The minimum Gasteiger partial charge on any atom is -0.465 e. The van der Waals surface area contributed by atoms with E-state index in [1.165, 1.54) is 19.2 Å². The van der Waals surface area contributed by atoms with Gasteiger partial charge in [0.2, 0.25) is 17.6 Å². The number of amides is 1. The van der Waals surface area contributed by atoms with E-state index in [1.54, 1.807) is 36.4 Å². The highest BCUT2D eigenvalue weighted by Crippen LogP contribution is 2.27. The van der Waals surface area contributed by atoms with Crippen molar-refractivity contribution >= 4 is 17.6 Å². The van der Waals surface area contributed by atoms with Crippen LogP contribution in [0, 0.1) is 5.82 Å². The third-order valence-electron chi connectivity index (χ3n) is 5.31. The molecular weight excluding hydrogens is 415 g/mol. The maximum Gasteiger partial charge on any atom is 0.337 e. The van der Waals surface area contributed by atoms with E-state index in [9.17, 15) is 14.0 Å². The lowest BCUT2D eigenvalue weighted by molar-refractivity contribution is -0.117. The summed E-state index contributed by atoms with van der Waals surface area (Å²) in [4.78, 5) is 30.7. The minimum absolute atomic E-state index is 0.00554. The summed E-state index contributed by atoms with van der Waals surface area (Å²) >= 11 is 0. The normalized spacial score (nSPS) is 16.5. The number of rotatable bonds is 6. The number of ether oxygens (including phenoxy) is 1. The van der Waals surface area contributed by atoms with E-state index in [0.717, 1.165) is 19.4 Å². The quantitative estimate of drug-likeness (QED) is 0.589. The zero-order valence-electron chi connectivity index (χ0n) is 17.6. The summed E-state index contributed by atoms with van der Waals surface area (Å²) in [6.07, 6.45) is 1.75. The summed E-state index contributed by atoms with van der Waals surface area (Å²) in [5.41, 5.74) is 1.46. The minimum atomic E-state index is -0.461. The summed E-state index contributed by atoms with van der Waals surface area (Å²) in [6, 6.07) is 12.7. The summed E-state index contributed by atoms with van der Waals surface area (Å²) in [5.74, 6) is -0.175. The van der Waals surface area contributed by atoms with Gasteiger partial charge in [-0.2, -0.15) is 4.98 Å². The number of piperidine rings is 1. The van der Waals surface area contributed by atoms with Crippen molar-refractivity contribution in [3.05, 3.63) is 65.8 Å². The number of carbonyl (C=O) groups is 2. The van der Waals surface area contributed by atoms with Crippen molar-refractivity contribution in [1.82, 2.24) is 15.0 Å². The van der Waals surface area contributed by atoms with Gasteiger partial charge in [-0.15, -0.1) is 0 Å². The second kappa shape index (κ2) is 9.69. The van der Waals surface area contributed by atoms with Crippen molar-refractivity contribution in [2.75, 3.05) is 32.1 Å². The standard InChI is InChI=1S/C23H23FN4O4/c1-31-23(30)16-6-3-9-19(12-16)25-20(29)14-28-10-4-7-17(13-28)22-26-21(27-32-22)15-5-2-8-18(24)11-15/h2-3,5-6,8-9,11-12,17H,4,7,10,13-14H2,1H3,(H,25,29). The summed E-state index contributed by atoms with van der Waals surface area (Å²) in [7, 11) is 1.31. The van der Waals surface area contributed by atoms with Gasteiger partial charge in [-0.3, -0.25) is 9.69 Å². The molecule has 2 heterocycles. The molecule has 0 aliphatic carbocycles. The lowest BCUT2D eigenvalue weighted by atomic mass is 9.98. The number of methoxy groups -OCH3 is 1. The second-order valence-electron chi connectivity index (χ2n) is 7.66. The van der Waals surface area contributed by atoms with Crippen LogP contribution >= 0.6 is 0 Å². The van der Waals surface area contributed by atoms with Gasteiger partial charge in [-0.05, 0) is 49.7 Å². The highest BCUT2D eigenvalue weighted by molar-refractivity contribution is 5.95. The Kier molecular flexibility index (Phi) is 6.55. The van der Waals surface area contributed by atoms with Crippen molar-refractivity contribution in [2.45, 2.75) is 18.8 Å². The Morgan fingerprint density at radius 1 is 1.25 bits per heavy atom. The Hall–Kier alpha value is -3.59. The van der Waals surface area contributed by atoms with Crippen LogP contribution in [0.3, 0.4) is 0 Å². The fraction of sp³-hybridized carbons (Fsp3) is 0.304. The lowest BCUT2D eigenvalue weighted by Gasteiger charge is -2.30. The molecule has 1 saturated heterocycles. The molecule has 3 aromatic rings. The Morgan fingerprint density at radius 3 is 2.91 bits per heavy atom. The van der Waals surface area contributed by atoms with Gasteiger partial charge in [-0.1, -0.05) is 23.4 Å². The predicted molar refractivity (Wildman–Crippen MR) is 115 cm³/mol. The molecule has 1 amide bonds. The second-order valence-corrected chi connectivity index (χ2v) is 7.66. The van der Waals surface area contributed by atoms with Gasteiger partial charge in [0.25, 0.3) is 0 Å². The molecule has 8 nitrogen and oxygen atoms in total. The van der Waals surface area contributed by atoms with E-state index in [4.69, 9.17) is 9.26 Å². The fourth-order valence-electron chi connectivity index (χ4n) is 3.79. The van der Waals surface area contributed by atoms with E-state index in [1.807, 2.05) is 4.90 Å². The molecule has 1 aromatic heterocycles. The molecule has 32 heavy (non-hydrogen) atoms. The van der Waals surface area contributed by atoms with Gasteiger partial charge >= 0.3 is 5.97 Å². The van der Waals surface area contributed by atoms with Gasteiger partial charge < -0.3 is 14.6 Å². The van der Waals surface area contributed by atoms with Crippen molar-refractivity contribution in [3.8, 4) is 11.4 Å². The van der Waals surface area contributed by atoms with Crippen LogP contribution in [0.15, 0.2) is 53.1 Å². The average Bonchev–Trinajstić information content (AvgIpc) is 3.29. The number of benzene rings is 2. The molecule has 0 bridgehead atoms. The van der Waals surface area contributed by atoms with E-state index >= 15 is 0 Å². The van der Waals surface area contributed by atoms with Crippen LogP contribution in [-0.4, -0.2) is 53.7 Å². The number of nitrogens with one attached hydrogen (secondary N) is 1. The predicted octanol–water partition coefficient (Wildman–Crippen LogP) is 3.48. The van der Waals surface area contributed by atoms with E-state index in [0.29, 0.717) is 35.1 Å². The zero-order valence-corrected chi connectivity index (χ0v) is 17.6. The van der Waals surface area contributed by atoms with Crippen molar-refractivity contribution < 1.29 is 23.2 Å². The molecule has 9 heteroatoms. The monoisotopic (exact) mass is 438 g/mol. The van der Waals surface area contributed by atoms with Crippen LogP contribution < -0.4 is 5.32 Å². The highest BCUT2D eigenvalue weighted by Gasteiger charge is 2.27. The van der Waals surface area contributed by atoms with Crippen LogP contribution in [0.4, 0.5) is 10.1 Å². The smallest absolute Gasteiger partial charge is 0.337 e. The molecule has 166 valence electrons. The van der Waals surface area contributed by atoms with Gasteiger partial charge in [0.15, 0.2) is 0 Å². The van der Waals surface area contributed by atoms with Gasteiger partial charge in [-0.25, -0.2) is 9.18 Å². The topological polar surface area (TPSA) is 97.6 Å². The largest absolute Gasteiger partial charge is 0.465 e. The maximum atomic E-state index is 13.5. The molecule has 0 radical (unpaired) electrons. The number of aromatic nitrogens is 2. The number of hydrogen-bond donors (Lipinski definition) is 1. The molecule has 1 N–H and O–H groups in total. The first-order valence-electron chi connectivity index (χ1n) is 10.3. The summed E-state index contributed by atoms with van der Waals surface area (Å²) in [6.45, 7) is 1.57. The highest BCUT2D eigenvalue weighted by atomic mass is 19.1. The summed E-state index contributed by atoms with van der Waals surface area (Å²) in [5, 5.41) is 6.80. The number of halogens is 1. The van der Waals surface area contributed by atoms with Crippen LogP contribution in [0.5, 0.6) is 0 Å². The Balaban J connectivity index is 1.36. The average molecular weight is 438 g/mol. The molecule has 0 saturated carbocycles. The number of esters is 1. The van der Waals surface area contributed by atoms with Gasteiger partial charge in [0.05, 0.1) is 25.1 Å². The molecule has 2 aromatic carbocycles. The van der Waals surface area contributed by atoms with Crippen LogP contribution in [-0.2, 0) is 9.53 Å². The molecular formula is C23H23FN4O4. The Bertz CT molecular complexity index is 1120. The molecule has 1 atom stereocenters. The molecule has 1 unspecified atom stereocenters. The first-order valence-corrected chi connectivity index (χ1v) is 10.3. The lowest BCUT2D eigenvalue weighted by Crippen LogP contribution is -2.39. The zero-order chi connectivity index (χ0) is 22.5. The third kappa shape index (κ3) is 5.17. The molecule has 0 spiro atoms. The van der Waals surface area contributed by atoms with Crippen molar-refractivity contribution in [1.29, 1.82) is 0 Å². The first-order chi connectivity index (χ1) is 15.5. The molecule has 1 fully saturated rings. The van der Waals surface area contributed by atoms with Gasteiger partial charge in [0.1, 0.15) is 5.82 Å². The summed E-state index contributed by atoms with van der Waals surface area (Å²) < 4.78 is 23.6. The van der Waals surface area contributed by atoms with Gasteiger partial charge in [0, 0.05) is 17.8 Å². The molecule has 1 aliphatic rings. The molecule has 4 rings (SSSR count). The number of carbonyl (C=O) groups excluding carboxylic acids is 2. The first kappa shape index (κ1) is 21.6. The number of hydrogen-bond acceptors (Lipinski definition) is 7. The van der Waals surface area contributed by atoms with Crippen molar-refractivity contribution in [3.63, 3.8) is 0 Å². The van der Waals surface area contributed by atoms with Crippen LogP contribution in [0.2, 0.25) is 0 Å². The van der Waals surface area contributed by atoms with Crippen molar-refractivity contribution in [2.24, 2.45) is 0 Å².